The summed E-state index contributed by atoms with van der Waals surface area (Å²) in [6, 6.07) is 12.8. The van der Waals surface area contributed by atoms with Crippen molar-refractivity contribution in [3.63, 3.8) is 0 Å². The number of urea groups is 1. The second kappa shape index (κ2) is 11.7. The van der Waals surface area contributed by atoms with E-state index >= 15 is 0 Å². The lowest BCUT2D eigenvalue weighted by molar-refractivity contribution is -0.138. The molecule has 0 atom stereocenters. The minimum absolute atomic E-state index is 0.149. The summed E-state index contributed by atoms with van der Waals surface area (Å²) in [4.78, 5) is 41.8. The van der Waals surface area contributed by atoms with Crippen LogP contribution in [0.1, 0.15) is 48.8 Å². The quantitative estimate of drug-likeness (QED) is 0.495. The molecule has 1 aliphatic carbocycles. The topological polar surface area (TPSA) is 120 Å². The summed E-state index contributed by atoms with van der Waals surface area (Å²) in [7, 11) is 1.70. The molecule has 3 amide bonds. The molecule has 0 spiro atoms. The fraction of sp³-hybridized carbons (Fsp3) is 0.407. The van der Waals surface area contributed by atoms with Crippen LogP contribution in [-0.2, 0) is 22.5 Å². The minimum atomic E-state index is -0.769. The summed E-state index contributed by atoms with van der Waals surface area (Å²) < 4.78 is 5.72. The molecule has 9 heteroatoms. The Labute approximate surface area is 210 Å². The number of nitrogens with zero attached hydrogens (tertiary/aromatic N) is 2. The lowest BCUT2D eigenvalue weighted by Gasteiger charge is -2.32. The SMILES string of the molecule is CN=Cc1cccc(NC(=O)Nc2ccc3c(c2)CCN(C(=O)OC2CCC(CC(=O)O)CC2)C3)c1. The number of carboxylic acid groups (broad SMARTS) is 1. The predicted molar refractivity (Wildman–Crippen MR) is 138 cm³/mol. The monoisotopic (exact) mass is 492 g/mol. The standard InChI is InChI=1S/C27H32N4O5/c1-28-16-19-3-2-4-22(13-19)29-26(34)30-23-8-7-21-17-31(12-11-20(21)15-23)27(35)36-24-9-5-18(6-10-24)14-25(32)33/h2-4,7-8,13,15-16,18,24H,5-6,9-12,14,17H2,1H3,(H,32,33)(H2,29,30,34). The molecular formula is C27H32N4O5. The van der Waals surface area contributed by atoms with Crippen molar-refractivity contribution in [2.45, 2.75) is 51.2 Å². The fourth-order valence-corrected chi connectivity index (χ4v) is 4.84. The van der Waals surface area contributed by atoms with Gasteiger partial charge in [0.2, 0.25) is 0 Å². The zero-order valence-electron chi connectivity index (χ0n) is 20.4. The molecule has 0 bridgehead atoms. The highest BCUT2D eigenvalue weighted by Gasteiger charge is 2.28. The molecular weight excluding hydrogens is 460 g/mol. The second-order valence-electron chi connectivity index (χ2n) is 9.37. The van der Waals surface area contributed by atoms with Crippen LogP contribution in [0.25, 0.3) is 0 Å². The average Bonchev–Trinajstić information content (AvgIpc) is 2.85. The first-order valence-electron chi connectivity index (χ1n) is 12.3. The van der Waals surface area contributed by atoms with Gasteiger partial charge in [-0.1, -0.05) is 18.2 Å². The summed E-state index contributed by atoms with van der Waals surface area (Å²) in [5.74, 6) is -0.598. The molecule has 0 unspecified atom stereocenters. The van der Waals surface area contributed by atoms with Crippen molar-refractivity contribution in [1.29, 1.82) is 0 Å². The van der Waals surface area contributed by atoms with E-state index in [1.54, 1.807) is 18.2 Å². The van der Waals surface area contributed by atoms with E-state index in [-0.39, 0.29) is 30.6 Å². The highest BCUT2D eigenvalue weighted by molar-refractivity contribution is 6.00. The second-order valence-corrected chi connectivity index (χ2v) is 9.37. The molecule has 2 aliphatic rings. The number of nitrogens with one attached hydrogen (secondary N) is 2. The first kappa shape index (κ1) is 25.2. The smallest absolute Gasteiger partial charge is 0.410 e. The van der Waals surface area contributed by atoms with Crippen molar-refractivity contribution in [3.8, 4) is 0 Å². The summed E-state index contributed by atoms with van der Waals surface area (Å²) >= 11 is 0. The van der Waals surface area contributed by atoms with E-state index in [1.807, 2.05) is 42.5 Å². The molecule has 0 saturated heterocycles. The van der Waals surface area contributed by atoms with Gasteiger partial charge in [-0.2, -0.15) is 0 Å². The van der Waals surface area contributed by atoms with Crippen molar-refractivity contribution in [2.75, 3.05) is 24.2 Å². The van der Waals surface area contributed by atoms with E-state index in [0.717, 1.165) is 29.5 Å². The Morgan fingerprint density at radius 1 is 1.06 bits per heavy atom. The molecule has 9 nitrogen and oxygen atoms in total. The van der Waals surface area contributed by atoms with E-state index in [0.29, 0.717) is 43.7 Å². The highest BCUT2D eigenvalue weighted by atomic mass is 16.6. The van der Waals surface area contributed by atoms with Gasteiger partial charge in [0, 0.05) is 44.1 Å². The molecule has 3 N–H and O–H groups in total. The largest absolute Gasteiger partial charge is 0.481 e. The number of rotatable bonds is 6. The molecule has 190 valence electrons. The van der Waals surface area contributed by atoms with Crippen LogP contribution >= 0.6 is 0 Å². The molecule has 1 heterocycles. The number of fused-ring (bicyclic) bond motifs is 1. The van der Waals surface area contributed by atoms with Crippen molar-refractivity contribution in [2.24, 2.45) is 10.9 Å². The Balaban J connectivity index is 1.27. The number of aliphatic imine (C=N–C) groups is 1. The lowest BCUT2D eigenvalue weighted by atomic mass is 9.85. The van der Waals surface area contributed by atoms with Gasteiger partial charge in [0.1, 0.15) is 6.10 Å². The third-order valence-electron chi connectivity index (χ3n) is 6.68. The van der Waals surface area contributed by atoms with Gasteiger partial charge < -0.3 is 25.4 Å². The molecule has 1 saturated carbocycles. The van der Waals surface area contributed by atoms with E-state index < -0.39 is 5.97 Å². The van der Waals surface area contributed by atoms with Gasteiger partial charge in [-0.25, -0.2) is 9.59 Å². The number of hydrogen-bond acceptors (Lipinski definition) is 5. The van der Waals surface area contributed by atoms with Crippen LogP contribution in [0.4, 0.5) is 21.0 Å². The Morgan fingerprint density at radius 3 is 2.53 bits per heavy atom. The highest BCUT2D eigenvalue weighted by Crippen LogP contribution is 2.30. The number of hydrogen-bond donors (Lipinski definition) is 3. The zero-order valence-corrected chi connectivity index (χ0v) is 20.4. The van der Waals surface area contributed by atoms with Crippen LogP contribution in [0, 0.1) is 5.92 Å². The Bertz CT molecular complexity index is 1140. The van der Waals surface area contributed by atoms with E-state index in [4.69, 9.17) is 9.84 Å². The van der Waals surface area contributed by atoms with Crippen molar-refractivity contribution < 1.29 is 24.2 Å². The molecule has 0 radical (unpaired) electrons. The Morgan fingerprint density at radius 2 is 1.81 bits per heavy atom. The van der Waals surface area contributed by atoms with E-state index in [9.17, 15) is 14.4 Å². The maximum Gasteiger partial charge on any atom is 0.410 e. The van der Waals surface area contributed by atoms with Crippen LogP contribution in [-0.4, -0.2) is 54.0 Å². The number of anilines is 2. The third kappa shape index (κ3) is 6.84. The minimum Gasteiger partial charge on any atom is -0.481 e. The molecule has 2 aromatic rings. The maximum absolute atomic E-state index is 12.7. The summed E-state index contributed by atoms with van der Waals surface area (Å²) in [6.07, 6.45) is 5.07. The van der Waals surface area contributed by atoms with Crippen molar-refractivity contribution in [3.05, 3.63) is 59.2 Å². The van der Waals surface area contributed by atoms with Gasteiger partial charge in [0.05, 0.1) is 0 Å². The average molecular weight is 493 g/mol. The predicted octanol–water partition coefficient (Wildman–Crippen LogP) is 4.91. The normalized spacial score (nSPS) is 19.4. The molecule has 2 aromatic carbocycles. The number of amides is 3. The maximum atomic E-state index is 12.7. The van der Waals surface area contributed by atoms with Crippen LogP contribution in [0.5, 0.6) is 0 Å². The molecule has 4 rings (SSSR count). The van der Waals surface area contributed by atoms with Crippen molar-refractivity contribution in [1.82, 2.24) is 4.90 Å². The van der Waals surface area contributed by atoms with Crippen LogP contribution < -0.4 is 10.6 Å². The number of aliphatic carboxylic acids is 1. The van der Waals surface area contributed by atoms with Crippen molar-refractivity contribution >= 4 is 35.7 Å². The Hall–Kier alpha value is -3.88. The molecule has 36 heavy (non-hydrogen) atoms. The number of carbonyl (C=O) groups excluding carboxylic acids is 2. The number of benzene rings is 2. The van der Waals surface area contributed by atoms with E-state index in [1.165, 1.54) is 0 Å². The van der Waals surface area contributed by atoms with Crippen LogP contribution in [0.3, 0.4) is 0 Å². The lowest BCUT2D eigenvalue weighted by Crippen LogP contribution is -2.39. The number of carbonyl (C=O) groups is 3. The van der Waals surface area contributed by atoms with Gasteiger partial charge in [-0.3, -0.25) is 9.79 Å². The molecule has 0 aromatic heterocycles. The van der Waals surface area contributed by atoms with Crippen LogP contribution in [0.15, 0.2) is 47.5 Å². The Kier molecular flexibility index (Phi) is 8.20. The summed E-state index contributed by atoms with van der Waals surface area (Å²) in [5.41, 5.74) is 4.38. The number of ether oxygens (including phenoxy) is 1. The van der Waals surface area contributed by atoms with Gasteiger partial charge in [-0.15, -0.1) is 0 Å². The van der Waals surface area contributed by atoms with Gasteiger partial charge in [0.25, 0.3) is 0 Å². The number of carboxylic acids is 1. The third-order valence-corrected chi connectivity index (χ3v) is 6.68. The van der Waals surface area contributed by atoms with Gasteiger partial charge in [-0.05, 0) is 79.0 Å². The summed E-state index contributed by atoms with van der Waals surface area (Å²) in [5, 5.41) is 14.7. The van der Waals surface area contributed by atoms with Crippen LogP contribution in [0.2, 0.25) is 0 Å². The van der Waals surface area contributed by atoms with E-state index in [2.05, 4.69) is 15.6 Å². The first-order chi connectivity index (χ1) is 17.4. The van der Waals surface area contributed by atoms with Gasteiger partial charge >= 0.3 is 18.1 Å². The molecule has 1 aliphatic heterocycles. The first-order valence-corrected chi connectivity index (χ1v) is 12.3. The van der Waals surface area contributed by atoms with Gasteiger partial charge in [0.15, 0.2) is 0 Å². The summed E-state index contributed by atoms with van der Waals surface area (Å²) in [6.45, 7) is 1.00. The zero-order chi connectivity index (χ0) is 25.5. The molecule has 1 fully saturated rings. The fourth-order valence-electron chi connectivity index (χ4n) is 4.84.